The van der Waals surface area contributed by atoms with E-state index < -0.39 is 17.9 Å². The van der Waals surface area contributed by atoms with E-state index in [9.17, 15) is 19.2 Å². The van der Waals surface area contributed by atoms with Gasteiger partial charge >= 0.3 is 6.09 Å². The predicted molar refractivity (Wildman–Crippen MR) is 114 cm³/mol. The van der Waals surface area contributed by atoms with Gasteiger partial charge in [0.2, 0.25) is 17.7 Å². The van der Waals surface area contributed by atoms with Crippen molar-refractivity contribution in [1.29, 1.82) is 0 Å². The van der Waals surface area contributed by atoms with Crippen LogP contribution in [-0.2, 0) is 25.7 Å². The highest BCUT2D eigenvalue weighted by Gasteiger charge is 2.12. The van der Waals surface area contributed by atoms with Crippen LogP contribution in [0.4, 0.5) is 4.79 Å². The molecule has 0 aromatic heterocycles. The Kier molecular flexibility index (Phi) is 9.54. The molecule has 9 heteroatoms. The molecule has 0 saturated carbocycles. The lowest BCUT2D eigenvalue weighted by Crippen LogP contribution is -2.44. The SMILES string of the molecule is C[C@H](NC(=O)CNC(=O)CNC(=O)CNC(=O)OCc1ccccc1)c1ccccc1. The second-order valence-electron chi connectivity index (χ2n) is 6.67. The van der Waals surface area contributed by atoms with Crippen molar-refractivity contribution in [1.82, 2.24) is 21.3 Å². The molecule has 0 bridgehead atoms. The number of hydrogen-bond donors (Lipinski definition) is 4. The predicted octanol–water partition coefficient (Wildman–Crippen LogP) is 1.02. The molecular weight excluding hydrogens is 400 g/mol. The van der Waals surface area contributed by atoms with Gasteiger partial charge in [0.15, 0.2) is 0 Å². The summed E-state index contributed by atoms with van der Waals surface area (Å²) in [7, 11) is 0. The van der Waals surface area contributed by atoms with Crippen LogP contribution in [-0.4, -0.2) is 43.4 Å². The summed E-state index contributed by atoms with van der Waals surface area (Å²) in [5.74, 6) is -1.43. The van der Waals surface area contributed by atoms with Gasteiger partial charge in [0.05, 0.1) is 19.1 Å². The lowest BCUT2D eigenvalue weighted by atomic mass is 10.1. The molecule has 31 heavy (non-hydrogen) atoms. The summed E-state index contributed by atoms with van der Waals surface area (Å²) < 4.78 is 4.98. The summed E-state index contributed by atoms with van der Waals surface area (Å²) in [6, 6.07) is 18.3. The van der Waals surface area contributed by atoms with Crippen LogP contribution in [0.1, 0.15) is 24.1 Å². The van der Waals surface area contributed by atoms with Crippen molar-refractivity contribution >= 4 is 23.8 Å². The molecule has 2 aromatic carbocycles. The molecule has 0 radical (unpaired) electrons. The summed E-state index contributed by atoms with van der Waals surface area (Å²) in [6.07, 6.45) is -0.743. The van der Waals surface area contributed by atoms with Crippen LogP contribution in [0.2, 0.25) is 0 Å². The van der Waals surface area contributed by atoms with Gasteiger partial charge in [0.1, 0.15) is 13.2 Å². The normalized spacial score (nSPS) is 11.0. The van der Waals surface area contributed by atoms with E-state index in [1.54, 1.807) is 12.1 Å². The van der Waals surface area contributed by atoms with Crippen LogP contribution in [0.15, 0.2) is 60.7 Å². The molecule has 0 unspecified atom stereocenters. The molecule has 4 N–H and O–H groups in total. The third kappa shape index (κ3) is 9.44. The Morgan fingerprint density at radius 3 is 1.87 bits per heavy atom. The molecule has 0 heterocycles. The standard InChI is InChI=1S/C22H26N4O5/c1-16(18-10-6-3-7-11-18)26-21(29)14-24-19(27)12-23-20(28)13-25-22(30)31-15-17-8-4-2-5-9-17/h2-11,16H,12-15H2,1H3,(H,23,28)(H,24,27)(H,25,30)(H,26,29)/t16-/m0/s1. The largest absolute Gasteiger partial charge is 0.445 e. The first-order valence-corrected chi connectivity index (χ1v) is 9.76. The van der Waals surface area contributed by atoms with E-state index in [0.29, 0.717) is 0 Å². The fraction of sp³-hybridized carbons (Fsp3) is 0.273. The minimum Gasteiger partial charge on any atom is -0.445 e. The van der Waals surface area contributed by atoms with Crippen molar-refractivity contribution in [2.75, 3.05) is 19.6 Å². The summed E-state index contributed by atoms with van der Waals surface area (Å²) in [4.78, 5) is 47.0. The van der Waals surface area contributed by atoms with E-state index in [2.05, 4.69) is 21.3 Å². The smallest absolute Gasteiger partial charge is 0.407 e. The quantitative estimate of drug-likeness (QED) is 0.451. The third-order valence-corrected chi connectivity index (χ3v) is 4.18. The van der Waals surface area contributed by atoms with Crippen molar-refractivity contribution in [3.05, 3.63) is 71.8 Å². The van der Waals surface area contributed by atoms with Crippen molar-refractivity contribution in [2.45, 2.75) is 19.6 Å². The molecule has 4 amide bonds. The van der Waals surface area contributed by atoms with E-state index in [0.717, 1.165) is 11.1 Å². The zero-order chi connectivity index (χ0) is 22.5. The van der Waals surface area contributed by atoms with Crippen molar-refractivity contribution in [3.63, 3.8) is 0 Å². The van der Waals surface area contributed by atoms with Gasteiger partial charge in [-0.1, -0.05) is 60.7 Å². The highest BCUT2D eigenvalue weighted by atomic mass is 16.5. The number of hydrogen-bond acceptors (Lipinski definition) is 5. The second-order valence-corrected chi connectivity index (χ2v) is 6.67. The van der Waals surface area contributed by atoms with Crippen molar-refractivity contribution in [3.8, 4) is 0 Å². The fourth-order valence-electron chi connectivity index (χ4n) is 2.53. The van der Waals surface area contributed by atoms with Crippen LogP contribution >= 0.6 is 0 Å². The highest BCUT2D eigenvalue weighted by molar-refractivity contribution is 5.89. The topological polar surface area (TPSA) is 126 Å². The number of amides is 4. The van der Waals surface area contributed by atoms with Gasteiger partial charge in [0.25, 0.3) is 0 Å². The maximum atomic E-state index is 11.9. The number of ether oxygens (including phenoxy) is 1. The number of rotatable bonds is 10. The zero-order valence-corrected chi connectivity index (χ0v) is 17.2. The maximum absolute atomic E-state index is 11.9. The lowest BCUT2D eigenvalue weighted by molar-refractivity contribution is -0.127. The van der Waals surface area contributed by atoms with Gasteiger partial charge in [-0.2, -0.15) is 0 Å². The first-order chi connectivity index (χ1) is 14.9. The average molecular weight is 426 g/mol. The fourth-order valence-corrected chi connectivity index (χ4v) is 2.53. The molecular formula is C22H26N4O5. The molecule has 164 valence electrons. The molecule has 0 saturated heterocycles. The summed E-state index contributed by atoms with van der Waals surface area (Å²) in [5.41, 5.74) is 1.77. The minimum absolute atomic E-state index is 0.0850. The van der Waals surface area contributed by atoms with Crippen molar-refractivity contribution < 1.29 is 23.9 Å². The Bertz CT molecular complexity index is 874. The Morgan fingerprint density at radius 2 is 1.26 bits per heavy atom. The number of alkyl carbamates (subject to hydrolysis) is 1. The van der Waals surface area contributed by atoms with Gasteiger partial charge in [-0.05, 0) is 18.1 Å². The Balaban J connectivity index is 1.56. The van der Waals surface area contributed by atoms with Crippen LogP contribution in [0, 0.1) is 0 Å². The third-order valence-electron chi connectivity index (χ3n) is 4.18. The first-order valence-electron chi connectivity index (χ1n) is 9.76. The number of nitrogens with one attached hydrogen (secondary N) is 4. The molecule has 1 atom stereocenters. The molecule has 0 fully saturated rings. The molecule has 0 spiro atoms. The highest BCUT2D eigenvalue weighted by Crippen LogP contribution is 2.10. The monoisotopic (exact) mass is 426 g/mol. The van der Waals surface area contributed by atoms with Gasteiger partial charge < -0.3 is 26.0 Å². The van der Waals surface area contributed by atoms with Gasteiger partial charge in [0, 0.05) is 0 Å². The lowest BCUT2D eigenvalue weighted by Gasteiger charge is -2.14. The maximum Gasteiger partial charge on any atom is 0.407 e. The van der Waals surface area contributed by atoms with E-state index in [-0.39, 0.29) is 38.2 Å². The van der Waals surface area contributed by atoms with E-state index in [1.165, 1.54) is 0 Å². The minimum atomic E-state index is -0.743. The number of carbonyl (C=O) groups is 4. The number of benzene rings is 2. The average Bonchev–Trinajstić information content (AvgIpc) is 2.79. The van der Waals surface area contributed by atoms with E-state index in [4.69, 9.17) is 4.74 Å². The van der Waals surface area contributed by atoms with Crippen LogP contribution < -0.4 is 21.3 Å². The molecule has 0 aliphatic heterocycles. The number of carbonyl (C=O) groups excluding carboxylic acids is 4. The molecule has 9 nitrogen and oxygen atoms in total. The molecule has 0 aliphatic carbocycles. The Labute approximate surface area is 180 Å². The second kappa shape index (κ2) is 12.6. The van der Waals surface area contributed by atoms with E-state index >= 15 is 0 Å². The summed E-state index contributed by atoms with van der Waals surface area (Å²) >= 11 is 0. The summed E-state index contributed by atoms with van der Waals surface area (Å²) in [5, 5.41) is 9.83. The van der Waals surface area contributed by atoms with Crippen LogP contribution in [0.5, 0.6) is 0 Å². The first kappa shape index (κ1) is 23.4. The molecule has 2 rings (SSSR count). The van der Waals surface area contributed by atoms with Crippen LogP contribution in [0.25, 0.3) is 0 Å². The van der Waals surface area contributed by atoms with Gasteiger partial charge in [-0.25, -0.2) is 4.79 Å². The van der Waals surface area contributed by atoms with Crippen molar-refractivity contribution in [2.24, 2.45) is 0 Å². The zero-order valence-electron chi connectivity index (χ0n) is 17.2. The Morgan fingerprint density at radius 1 is 0.742 bits per heavy atom. The van der Waals surface area contributed by atoms with E-state index in [1.807, 2.05) is 55.5 Å². The van der Waals surface area contributed by atoms with Gasteiger partial charge in [-0.3, -0.25) is 14.4 Å². The molecule has 2 aromatic rings. The Hall–Kier alpha value is -3.88. The van der Waals surface area contributed by atoms with Crippen LogP contribution in [0.3, 0.4) is 0 Å². The molecule has 0 aliphatic rings. The van der Waals surface area contributed by atoms with Gasteiger partial charge in [-0.15, -0.1) is 0 Å². The summed E-state index contributed by atoms with van der Waals surface area (Å²) in [6.45, 7) is 1.06.